The van der Waals surface area contributed by atoms with Gasteiger partial charge in [0, 0.05) is 24.6 Å². The molecular formula is C17H20N6O. The minimum Gasteiger partial charge on any atom is -0.334 e. The number of fused-ring (bicyclic) bond motifs is 1. The molecule has 1 fully saturated rings. The number of amides is 1. The van der Waals surface area contributed by atoms with Crippen LogP contribution in [0.1, 0.15) is 34.5 Å². The average Bonchev–Trinajstić information content (AvgIpc) is 3.27. The number of likely N-dealkylation sites (tertiary alicyclic amines) is 1. The number of aromatic nitrogens is 5. The molecule has 0 aromatic carbocycles. The molecule has 1 amide bonds. The second-order valence-electron chi connectivity index (χ2n) is 6.43. The summed E-state index contributed by atoms with van der Waals surface area (Å²) in [6, 6.07) is 2.05. The molecule has 1 atom stereocenters. The zero-order chi connectivity index (χ0) is 16.7. The molecule has 0 unspecified atom stereocenters. The Hall–Kier alpha value is -2.70. The number of aryl methyl sites for hydroxylation is 2. The molecule has 1 aliphatic heterocycles. The Balaban J connectivity index is 1.61. The molecule has 24 heavy (non-hydrogen) atoms. The number of rotatable bonds is 3. The number of hydrogen-bond acceptors (Lipinski definition) is 4. The monoisotopic (exact) mass is 324 g/mol. The van der Waals surface area contributed by atoms with Gasteiger partial charge in [-0.2, -0.15) is 10.2 Å². The van der Waals surface area contributed by atoms with Crippen LogP contribution >= 0.6 is 0 Å². The first-order valence-corrected chi connectivity index (χ1v) is 8.23. The summed E-state index contributed by atoms with van der Waals surface area (Å²) >= 11 is 0. The van der Waals surface area contributed by atoms with Crippen molar-refractivity contribution in [3.63, 3.8) is 0 Å². The fourth-order valence-electron chi connectivity index (χ4n) is 3.34. The third-order valence-corrected chi connectivity index (χ3v) is 4.54. The molecule has 7 nitrogen and oxygen atoms in total. The first-order chi connectivity index (χ1) is 11.6. The van der Waals surface area contributed by atoms with Gasteiger partial charge in [0.15, 0.2) is 5.65 Å². The molecule has 4 heterocycles. The molecule has 1 saturated heterocycles. The third kappa shape index (κ3) is 2.55. The van der Waals surface area contributed by atoms with Gasteiger partial charge >= 0.3 is 0 Å². The molecule has 0 bridgehead atoms. The molecule has 0 aliphatic carbocycles. The van der Waals surface area contributed by atoms with Crippen molar-refractivity contribution >= 4 is 11.6 Å². The smallest absolute Gasteiger partial charge is 0.259 e. The summed E-state index contributed by atoms with van der Waals surface area (Å²) in [5.41, 5.74) is 3.21. The van der Waals surface area contributed by atoms with Gasteiger partial charge in [0.25, 0.3) is 5.91 Å². The molecule has 0 N–H and O–H groups in total. The van der Waals surface area contributed by atoms with Crippen molar-refractivity contribution in [2.75, 3.05) is 6.54 Å². The van der Waals surface area contributed by atoms with Crippen molar-refractivity contribution in [3.8, 4) is 0 Å². The van der Waals surface area contributed by atoms with E-state index < -0.39 is 0 Å². The second-order valence-corrected chi connectivity index (χ2v) is 6.43. The zero-order valence-electron chi connectivity index (χ0n) is 13.9. The Kier molecular flexibility index (Phi) is 3.55. The lowest BCUT2D eigenvalue weighted by Crippen LogP contribution is -2.38. The highest BCUT2D eigenvalue weighted by molar-refractivity contribution is 5.99. The lowest BCUT2D eigenvalue weighted by molar-refractivity contribution is 0.0723. The Morgan fingerprint density at radius 2 is 2.17 bits per heavy atom. The molecule has 124 valence electrons. The summed E-state index contributed by atoms with van der Waals surface area (Å²) in [5, 5.41) is 8.60. The van der Waals surface area contributed by atoms with Crippen LogP contribution < -0.4 is 0 Å². The van der Waals surface area contributed by atoms with Crippen LogP contribution in [0.5, 0.6) is 0 Å². The molecule has 0 radical (unpaired) electrons. The molecule has 1 aliphatic rings. The fraction of sp³-hybridized carbons (Fsp3) is 0.412. The van der Waals surface area contributed by atoms with Gasteiger partial charge in [0.1, 0.15) is 5.56 Å². The molecule has 4 rings (SSSR count). The van der Waals surface area contributed by atoms with Gasteiger partial charge in [-0.1, -0.05) is 0 Å². The summed E-state index contributed by atoms with van der Waals surface area (Å²) in [5.74, 6) is 0.00878. The lowest BCUT2D eigenvalue weighted by atomic mass is 10.2. The van der Waals surface area contributed by atoms with E-state index in [0.29, 0.717) is 11.2 Å². The van der Waals surface area contributed by atoms with Gasteiger partial charge in [-0.05, 0) is 38.3 Å². The normalized spacial score (nSPS) is 17.8. The summed E-state index contributed by atoms with van der Waals surface area (Å²) in [4.78, 5) is 19.5. The van der Waals surface area contributed by atoms with Crippen LogP contribution in [0.25, 0.3) is 5.65 Å². The maximum atomic E-state index is 13.0. The standard InChI is InChI=1S/C17H20N6O/c1-12-8-18-21(10-12)11-14-4-3-6-22(14)17(24)15-9-19-23-7-5-13(2)20-16(15)23/h5,7-10,14H,3-4,6,11H2,1-2H3/t14-/m1/s1. The minimum atomic E-state index is 0.00878. The van der Waals surface area contributed by atoms with Crippen molar-refractivity contribution in [2.45, 2.75) is 39.3 Å². The fourth-order valence-corrected chi connectivity index (χ4v) is 3.34. The SMILES string of the molecule is Cc1cnn(C[C@H]2CCCN2C(=O)c2cnn3ccc(C)nc23)c1. The Morgan fingerprint density at radius 1 is 1.29 bits per heavy atom. The van der Waals surface area contributed by atoms with Crippen LogP contribution in [0, 0.1) is 13.8 Å². The van der Waals surface area contributed by atoms with E-state index in [9.17, 15) is 4.79 Å². The van der Waals surface area contributed by atoms with Gasteiger partial charge in [-0.25, -0.2) is 9.50 Å². The molecule has 3 aromatic heterocycles. The maximum Gasteiger partial charge on any atom is 0.259 e. The van der Waals surface area contributed by atoms with Crippen LogP contribution in [0.15, 0.2) is 30.9 Å². The van der Waals surface area contributed by atoms with E-state index in [4.69, 9.17) is 0 Å². The summed E-state index contributed by atoms with van der Waals surface area (Å²) < 4.78 is 3.58. The van der Waals surface area contributed by atoms with E-state index >= 15 is 0 Å². The van der Waals surface area contributed by atoms with Crippen LogP contribution in [0.3, 0.4) is 0 Å². The Bertz CT molecular complexity index is 896. The minimum absolute atomic E-state index is 0.00878. The van der Waals surface area contributed by atoms with Crippen molar-refractivity contribution in [1.82, 2.24) is 29.3 Å². The zero-order valence-corrected chi connectivity index (χ0v) is 13.9. The van der Waals surface area contributed by atoms with Gasteiger partial charge in [0.2, 0.25) is 0 Å². The molecule has 7 heteroatoms. The predicted molar refractivity (Wildman–Crippen MR) is 88.7 cm³/mol. The van der Waals surface area contributed by atoms with Crippen molar-refractivity contribution in [3.05, 3.63) is 47.7 Å². The van der Waals surface area contributed by atoms with Crippen molar-refractivity contribution in [1.29, 1.82) is 0 Å². The van der Waals surface area contributed by atoms with Crippen molar-refractivity contribution in [2.24, 2.45) is 0 Å². The summed E-state index contributed by atoms with van der Waals surface area (Å²) in [6.07, 6.45) is 9.33. The number of carbonyl (C=O) groups excluding carboxylic acids is 1. The van der Waals surface area contributed by atoms with E-state index in [1.807, 2.05) is 48.1 Å². The van der Waals surface area contributed by atoms with E-state index in [2.05, 4.69) is 15.2 Å². The predicted octanol–water partition coefficient (Wildman–Crippen LogP) is 1.85. The number of carbonyl (C=O) groups is 1. The van der Waals surface area contributed by atoms with Crippen LogP contribution in [0.2, 0.25) is 0 Å². The van der Waals surface area contributed by atoms with Crippen molar-refractivity contribution < 1.29 is 4.79 Å². The number of nitrogens with zero attached hydrogens (tertiary/aromatic N) is 6. The molecule has 0 spiro atoms. The Morgan fingerprint density at radius 3 is 2.96 bits per heavy atom. The summed E-state index contributed by atoms with van der Waals surface area (Å²) in [7, 11) is 0. The topological polar surface area (TPSA) is 68.3 Å². The number of hydrogen-bond donors (Lipinski definition) is 0. The highest BCUT2D eigenvalue weighted by Gasteiger charge is 2.31. The first kappa shape index (κ1) is 14.9. The highest BCUT2D eigenvalue weighted by atomic mass is 16.2. The molecular weight excluding hydrogens is 304 g/mol. The second kappa shape index (κ2) is 5.74. The third-order valence-electron chi connectivity index (χ3n) is 4.54. The largest absolute Gasteiger partial charge is 0.334 e. The van der Waals surface area contributed by atoms with Crippen LogP contribution in [0.4, 0.5) is 0 Å². The first-order valence-electron chi connectivity index (χ1n) is 8.23. The van der Waals surface area contributed by atoms with Gasteiger partial charge < -0.3 is 4.90 Å². The molecule has 3 aromatic rings. The quantitative estimate of drug-likeness (QED) is 0.737. The van der Waals surface area contributed by atoms with E-state index in [1.54, 1.807) is 10.7 Å². The Labute approximate surface area is 139 Å². The highest BCUT2D eigenvalue weighted by Crippen LogP contribution is 2.23. The van der Waals surface area contributed by atoms with Gasteiger partial charge in [-0.3, -0.25) is 9.48 Å². The summed E-state index contributed by atoms with van der Waals surface area (Å²) in [6.45, 7) is 5.44. The van der Waals surface area contributed by atoms with E-state index in [0.717, 1.165) is 37.2 Å². The van der Waals surface area contributed by atoms with E-state index in [1.165, 1.54) is 0 Å². The molecule has 0 saturated carbocycles. The van der Waals surface area contributed by atoms with Gasteiger partial charge in [0.05, 0.1) is 25.0 Å². The van der Waals surface area contributed by atoms with E-state index in [-0.39, 0.29) is 11.9 Å². The van der Waals surface area contributed by atoms with Crippen LogP contribution in [-0.2, 0) is 6.54 Å². The average molecular weight is 324 g/mol. The van der Waals surface area contributed by atoms with Crippen LogP contribution in [-0.4, -0.2) is 47.8 Å². The lowest BCUT2D eigenvalue weighted by Gasteiger charge is -2.24. The maximum absolute atomic E-state index is 13.0. The van der Waals surface area contributed by atoms with Gasteiger partial charge in [-0.15, -0.1) is 0 Å².